The number of hydrogen-bond donors (Lipinski definition) is 3. The van der Waals surface area contributed by atoms with Gasteiger partial charge in [-0.1, -0.05) is 39.0 Å². The average Bonchev–Trinajstić information content (AvgIpc) is 2.48. The third kappa shape index (κ3) is 13.2. The lowest BCUT2D eigenvalue weighted by molar-refractivity contribution is -0.137. The molecule has 0 heterocycles. The van der Waals surface area contributed by atoms with Crippen LogP contribution in [0.1, 0.15) is 84.5 Å². The van der Waals surface area contributed by atoms with Crippen LogP contribution >= 0.6 is 0 Å². The van der Waals surface area contributed by atoms with Gasteiger partial charge in [-0.3, -0.25) is 4.79 Å². The van der Waals surface area contributed by atoms with E-state index in [1.165, 1.54) is 0 Å². The molecule has 142 valence electrons. The summed E-state index contributed by atoms with van der Waals surface area (Å²) in [7, 11) is 0. The number of carboxylic acid groups (broad SMARTS) is 1. The first-order valence-electron chi connectivity index (χ1n) is 9.27. The molecule has 6 heteroatoms. The van der Waals surface area contributed by atoms with E-state index < -0.39 is 17.6 Å². The number of hydrogen-bond acceptors (Lipinski definition) is 3. The molecule has 1 atom stereocenters. The second-order valence-electron chi connectivity index (χ2n) is 6.94. The summed E-state index contributed by atoms with van der Waals surface area (Å²) in [4.78, 5) is 23.5. The Morgan fingerprint density at radius 3 is 2.12 bits per heavy atom. The smallest absolute Gasteiger partial charge is 0.314 e. The molecular weight excluding hydrogens is 308 g/mol. The summed E-state index contributed by atoms with van der Waals surface area (Å²) in [6.07, 6.45) is 8.94. The number of primary amides is 1. The molecule has 1 unspecified atom stereocenters. The van der Waals surface area contributed by atoms with E-state index in [9.17, 15) is 14.7 Å². The number of urea groups is 1. The fourth-order valence-corrected chi connectivity index (χ4v) is 2.80. The number of aliphatic hydroxyl groups is 1. The monoisotopic (exact) mass is 344 g/mol. The highest BCUT2D eigenvalue weighted by Gasteiger charge is 2.20. The van der Waals surface area contributed by atoms with Gasteiger partial charge in [0.2, 0.25) is 0 Å². The highest BCUT2D eigenvalue weighted by Crippen LogP contribution is 2.20. The van der Waals surface area contributed by atoms with E-state index in [4.69, 9.17) is 10.8 Å². The quantitative estimate of drug-likeness (QED) is 0.395. The minimum Gasteiger partial charge on any atom is -0.481 e. The first-order chi connectivity index (χ1) is 11.3. The van der Waals surface area contributed by atoms with Crippen molar-refractivity contribution in [3.63, 3.8) is 0 Å². The van der Waals surface area contributed by atoms with Crippen molar-refractivity contribution in [2.24, 2.45) is 5.73 Å². The van der Waals surface area contributed by atoms with E-state index >= 15 is 0 Å². The van der Waals surface area contributed by atoms with Gasteiger partial charge in [-0.15, -0.1) is 0 Å². The number of carboxylic acids is 1. The number of carbonyl (C=O) groups is 2. The van der Waals surface area contributed by atoms with Crippen LogP contribution in [0.2, 0.25) is 0 Å². The van der Waals surface area contributed by atoms with Crippen LogP contribution in [0.3, 0.4) is 0 Å². The Bertz CT molecular complexity index is 359. The van der Waals surface area contributed by atoms with Crippen molar-refractivity contribution in [3.05, 3.63) is 0 Å². The number of unbranched alkanes of at least 4 members (excludes halogenated alkanes) is 5. The molecule has 0 aliphatic heterocycles. The zero-order valence-corrected chi connectivity index (χ0v) is 15.4. The number of nitrogens with two attached hydrogens (primary N) is 1. The van der Waals surface area contributed by atoms with Crippen LogP contribution in [0.15, 0.2) is 0 Å². The van der Waals surface area contributed by atoms with Crippen LogP contribution in [0, 0.1) is 0 Å². The molecule has 0 bridgehead atoms. The zero-order valence-electron chi connectivity index (χ0n) is 15.4. The summed E-state index contributed by atoms with van der Waals surface area (Å²) in [5.41, 5.74) is 4.74. The summed E-state index contributed by atoms with van der Waals surface area (Å²) in [5.74, 6) is -0.764. The molecule has 2 amide bonds. The summed E-state index contributed by atoms with van der Waals surface area (Å²) in [6, 6.07) is -0.425. The normalized spacial score (nSPS) is 13.5. The minimum absolute atomic E-state index is 0.201. The van der Waals surface area contributed by atoms with Gasteiger partial charge in [0.05, 0.1) is 5.60 Å². The molecule has 0 rings (SSSR count). The van der Waals surface area contributed by atoms with Crippen molar-refractivity contribution in [1.82, 2.24) is 4.90 Å². The number of nitrogens with zero attached hydrogens (tertiary/aromatic N) is 1. The molecule has 0 aliphatic carbocycles. The maximum atomic E-state index is 11.5. The van der Waals surface area contributed by atoms with Gasteiger partial charge in [-0.2, -0.15) is 0 Å². The maximum absolute atomic E-state index is 11.5. The minimum atomic E-state index is -0.764. The summed E-state index contributed by atoms with van der Waals surface area (Å²) >= 11 is 0. The molecule has 0 spiro atoms. The molecule has 0 radical (unpaired) electrons. The summed E-state index contributed by atoms with van der Waals surface area (Å²) in [5, 5.41) is 18.9. The first kappa shape index (κ1) is 22.7. The molecule has 0 aromatic rings. The van der Waals surface area contributed by atoms with Gasteiger partial charge in [0.25, 0.3) is 0 Å². The predicted molar refractivity (Wildman–Crippen MR) is 95.9 cm³/mol. The number of carbonyl (C=O) groups excluding carboxylic acids is 1. The Morgan fingerprint density at radius 2 is 1.54 bits per heavy atom. The third-order valence-corrected chi connectivity index (χ3v) is 4.34. The molecule has 0 aliphatic rings. The largest absolute Gasteiger partial charge is 0.481 e. The summed E-state index contributed by atoms with van der Waals surface area (Å²) in [6.45, 7) is 5.16. The molecule has 6 nitrogen and oxygen atoms in total. The highest BCUT2D eigenvalue weighted by molar-refractivity contribution is 5.71. The molecule has 0 saturated heterocycles. The maximum Gasteiger partial charge on any atom is 0.314 e. The van der Waals surface area contributed by atoms with Crippen LogP contribution in [0.4, 0.5) is 4.79 Å². The van der Waals surface area contributed by atoms with Crippen LogP contribution < -0.4 is 5.73 Å². The highest BCUT2D eigenvalue weighted by atomic mass is 16.4. The van der Waals surface area contributed by atoms with Gasteiger partial charge in [0, 0.05) is 19.5 Å². The van der Waals surface area contributed by atoms with E-state index in [-0.39, 0.29) is 6.42 Å². The molecule has 0 aromatic heterocycles. The Labute approximate surface area is 146 Å². The number of aliphatic carboxylic acids is 1. The van der Waals surface area contributed by atoms with Gasteiger partial charge in [-0.05, 0) is 39.0 Å². The third-order valence-electron chi connectivity index (χ3n) is 4.34. The van der Waals surface area contributed by atoms with E-state index in [0.29, 0.717) is 25.9 Å². The molecule has 0 fully saturated rings. The van der Waals surface area contributed by atoms with Gasteiger partial charge in [0.1, 0.15) is 0 Å². The van der Waals surface area contributed by atoms with Gasteiger partial charge in [-0.25, -0.2) is 4.79 Å². The first-order valence-corrected chi connectivity index (χ1v) is 9.27. The van der Waals surface area contributed by atoms with Crippen molar-refractivity contribution in [2.45, 2.75) is 90.1 Å². The van der Waals surface area contributed by atoms with Crippen LogP contribution in [-0.4, -0.2) is 45.8 Å². The second-order valence-corrected chi connectivity index (χ2v) is 6.94. The van der Waals surface area contributed by atoms with E-state index in [2.05, 4.69) is 6.92 Å². The number of amides is 2. The lowest BCUT2D eigenvalue weighted by Crippen LogP contribution is -2.38. The van der Waals surface area contributed by atoms with Crippen molar-refractivity contribution in [3.8, 4) is 0 Å². The van der Waals surface area contributed by atoms with Crippen molar-refractivity contribution >= 4 is 12.0 Å². The van der Waals surface area contributed by atoms with E-state index in [1.54, 1.807) is 4.90 Å². The number of rotatable bonds is 15. The molecule has 0 aromatic carbocycles. The lowest BCUT2D eigenvalue weighted by Gasteiger charge is -2.26. The van der Waals surface area contributed by atoms with Crippen molar-refractivity contribution < 1.29 is 19.8 Å². The van der Waals surface area contributed by atoms with Crippen LogP contribution in [0.5, 0.6) is 0 Å². The predicted octanol–water partition coefficient (Wildman–Crippen LogP) is 3.51. The lowest BCUT2D eigenvalue weighted by atomic mass is 9.93. The summed E-state index contributed by atoms with van der Waals surface area (Å²) < 4.78 is 0. The molecule has 4 N–H and O–H groups in total. The zero-order chi connectivity index (χ0) is 18.4. The Kier molecular flexibility index (Phi) is 12.3. The van der Waals surface area contributed by atoms with E-state index in [1.807, 2.05) is 6.92 Å². The van der Waals surface area contributed by atoms with Crippen molar-refractivity contribution in [2.75, 3.05) is 13.1 Å². The molecule has 0 saturated carbocycles. The van der Waals surface area contributed by atoms with Crippen LogP contribution in [-0.2, 0) is 4.79 Å². The van der Waals surface area contributed by atoms with Gasteiger partial charge in [0.15, 0.2) is 0 Å². The Hall–Kier alpha value is -1.30. The standard InChI is InChI=1S/C18H36N2O4/c1-3-4-8-12-18(2,24)13-10-15-20(17(19)23)14-9-6-5-7-11-16(21)22/h24H,3-15H2,1-2H3,(H2,19,23)(H,21,22). The fourth-order valence-electron chi connectivity index (χ4n) is 2.80. The Balaban J connectivity index is 3.91. The fraction of sp³-hybridized carbons (Fsp3) is 0.889. The average molecular weight is 344 g/mol. The molecular formula is C18H36N2O4. The van der Waals surface area contributed by atoms with E-state index in [0.717, 1.165) is 51.4 Å². The van der Waals surface area contributed by atoms with Crippen molar-refractivity contribution in [1.29, 1.82) is 0 Å². The molecule has 24 heavy (non-hydrogen) atoms. The van der Waals surface area contributed by atoms with Gasteiger partial charge < -0.3 is 20.8 Å². The van der Waals surface area contributed by atoms with Gasteiger partial charge >= 0.3 is 12.0 Å². The topological polar surface area (TPSA) is 104 Å². The SMILES string of the molecule is CCCCCC(C)(O)CCCN(CCCCCCC(=O)O)C(N)=O. The Morgan fingerprint density at radius 1 is 0.958 bits per heavy atom. The second kappa shape index (κ2) is 13.0. The van der Waals surface area contributed by atoms with Crippen LogP contribution in [0.25, 0.3) is 0 Å².